The van der Waals surface area contributed by atoms with E-state index in [1.165, 1.54) is 11.8 Å². The number of rotatable bonds is 6. The fraction of sp³-hybridized carbons (Fsp3) is 0.263. The number of anilines is 2. The smallest absolute Gasteiger partial charge is 0.237 e. The molecule has 0 aliphatic carbocycles. The molecule has 2 rings (SSSR count). The summed E-state index contributed by atoms with van der Waals surface area (Å²) in [5.74, 6) is -0.0685. The lowest BCUT2D eigenvalue weighted by atomic mass is 10.1. The molecule has 2 amide bonds. The summed E-state index contributed by atoms with van der Waals surface area (Å²) in [5.41, 5.74) is 3.67. The molecule has 2 aromatic rings. The molecule has 0 saturated carbocycles. The number of aryl methyl sites for hydroxylation is 1. The van der Waals surface area contributed by atoms with E-state index in [1.54, 1.807) is 31.2 Å². The number of halogens is 1. The number of carbonyl (C=O) groups excluding carboxylic acids is 2. The van der Waals surface area contributed by atoms with Crippen LogP contribution in [0, 0.1) is 13.8 Å². The van der Waals surface area contributed by atoms with Crippen LogP contribution in [0.1, 0.15) is 18.1 Å². The van der Waals surface area contributed by atoms with Crippen LogP contribution < -0.4 is 10.6 Å². The van der Waals surface area contributed by atoms with Gasteiger partial charge in [0.2, 0.25) is 11.8 Å². The van der Waals surface area contributed by atoms with Crippen LogP contribution in [-0.4, -0.2) is 22.8 Å². The minimum Gasteiger partial charge on any atom is -0.325 e. The standard InChI is InChI=1S/C19H21ClN2O2S/c1-12-5-4-6-17(13(12)2)22-19(24)14(3)25-11-18(23)21-16-9-7-15(20)8-10-16/h4-10,14H,11H2,1-3H3,(H,21,23)(H,22,24)/t14-/m0/s1. The van der Waals surface area contributed by atoms with Gasteiger partial charge in [-0.1, -0.05) is 23.7 Å². The van der Waals surface area contributed by atoms with E-state index in [4.69, 9.17) is 11.6 Å². The fourth-order valence-corrected chi connectivity index (χ4v) is 2.94. The van der Waals surface area contributed by atoms with Gasteiger partial charge < -0.3 is 10.6 Å². The van der Waals surface area contributed by atoms with Crippen LogP contribution in [0.25, 0.3) is 0 Å². The third-order valence-electron chi connectivity index (χ3n) is 3.82. The average molecular weight is 377 g/mol. The van der Waals surface area contributed by atoms with Crippen molar-refractivity contribution in [3.8, 4) is 0 Å². The highest BCUT2D eigenvalue weighted by Crippen LogP contribution is 2.20. The molecule has 0 aliphatic heterocycles. The summed E-state index contributed by atoms with van der Waals surface area (Å²) in [5, 5.41) is 5.98. The molecule has 25 heavy (non-hydrogen) atoms. The Hall–Kier alpha value is -1.98. The second-order valence-corrected chi connectivity index (χ2v) is 7.51. The number of nitrogens with one attached hydrogen (secondary N) is 2. The van der Waals surface area contributed by atoms with Crippen molar-refractivity contribution in [1.29, 1.82) is 0 Å². The first kappa shape index (κ1) is 19.3. The Kier molecular flexibility index (Phi) is 6.91. The third-order valence-corrected chi connectivity index (χ3v) is 5.22. The topological polar surface area (TPSA) is 58.2 Å². The Bertz CT molecular complexity index is 763. The number of carbonyl (C=O) groups is 2. The number of benzene rings is 2. The maximum absolute atomic E-state index is 12.3. The average Bonchev–Trinajstić information content (AvgIpc) is 2.58. The highest BCUT2D eigenvalue weighted by atomic mass is 35.5. The van der Waals surface area contributed by atoms with E-state index in [0.29, 0.717) is 10.7 Å². The van der Waals surface area contributed by atoms with Crippen LogP contribution >= 0.6 is 23.4 Å². The van der Waals surface area contributed by atoms with Crippen LogP contribution in [0.5, 0.6) is 0 Å². The van der Waals surface area contributed by atoms with Crippen molar-refractivity contribution >= 4 is 46.6 Å². The van der Waals surface area contributed by atoms with Crippen LogP contribution in [0.4, 0.5) is 11.4 Å². The van der Waals surface area contributed by atoms with Crippen LogP contribution in [0.3, 0.4) is 0 Å². The number of hydrogen-bond donors (Lipinski definition) is 2. The Morgan fingerprint density at radius 1 is 1.08 bits per heavy atom. The first-order chi connectivity index (χ1) is 11.9. The number of thioether (sulfide) groups is 1. The quantitative estimate of drug-likeness (QED) is 0.771. The van der Waals surface area contributed by atoms with Crippen molar-refractivity contribution in [1.82, 2.24) is 0 Å². The second-order valence-electron chi connectivity index (χ2n) is 5.75. The summed E-state index contributed by atoms with van der Waals surface area (Å²) in [6.45, 7) is 5.77. The van der Waals surface area contributed by atoms with Crippen LogP contribution in [-0.2, 0) is 9.59 Å². The summed E-state index contributed by atoms with van der Waals surface area (Å²) in [4.78, 5) is 24.3. The van der Waals surface area contributed by atoms with Gasteiger partial charge in [0.25, 0.3) is 0 Å². The molecule has 0 aromatic heterocycles. The van der Waals surface area contributed by atoms with Crippen molar-refractivity contribution in [3.63, 3.8) is 0 Å². The predicted octanol–water partition coefficient (Wildman–Crippen LogP) is 4.66. The van der Waals surface area contributed by atoms with Crippen molar-refractivity contribution in [3.05, 3.63) is 58.6 Å². The predicted molar refractivity (Wildman–Crippen MR) is 107 cm³/mol. The third kappa shape index (κ3) is 5.80. The molecule has 0 heterocycles. The van der Waals surface area contributed by atoms with Gasteiger partial charge >= 0.3 is 0 Å². The van der Waals surface area contributed by atoms with Gasteiger partial charge in [0, 0.05) is 16.4 Å². The zero-order chi connectivity index (χ0) is 18.4. The second kappa shape index (κ2) is 8.92. The van der Waals surface area contributed by atoms with Crippen LogP contribution in [0.15, 0.2) is 42.5 Å². The number of hydrogen-bond acceptors (Lipinski definition) is 3. The largest absolute Gasteiger partial charge is 0.325 e. The summed E-state index contributed by atoms with van der Waals surface area (Å²) in [6, 6.07) is 12.7. The normalized spacial score (nSPS) is 11.7. The highest BCUT2D eigenvalue weighted by molar-refractivity contribution is 8.01. The molecule has 0 radical (unpaired) electrons. The molecule has 0 unspecified atom stereocenters. The summed E-state index contributed by atoms with van der Waals surface area (Å²) in [6.07, 6.45) is 0. The maximum Gasteiger partial charge on any atom is 0.237 e. The lowest BCUT2D eigenvalue weighted by molar-refractivity contribution is -0.115. The first-order valence-corrected chi connectivity index (χ1v) is 9.33. The van der Waals surface area contributed by atoms with E-state index in [9.17, 15) is 9.59 Å². The molecular formula is C19H21ClN2O2S. The van der Waals surface area contributed by atoms with Gasteiger partial charge in [0.15, 0.2) is 0 Å². The van der Waals surface area contributed by atoms with Gasteiger partial charge in [0.1, 0.15) is 0 Å². The monoisotopic (exact) mass is 376 g/mol. The lowest BCUT2D eigenvalue weighted by Crippen LogP contribution is -2.25. The molecule has 0 aliphatic rings. The molecule has 132 valence electrons. The molecule has 0 fully saturated rings. The summed E-state index contributed by atoms with van der Waals surface area (Å²) in [7, 11) is 0. The van der Waals surface area contributed by atoms with Crippen molar-refractivity contribution < 1.29 is 9.59 Å². The van der Waals surface area contributed by atoms with E-state index in [-0.39, 0.29) is 22.8 Å². The van der Waals surface area contributed by atoms with Gasteiger partial charge in [-0.25, -0.2) is 0 Å². The zero-order valence-electron chi connectivity index (χ0n) is 14.4. The maximum atomic E-state index is 12.3. The van der Waals surface area contributed by atoms with E-state index in [1.807, 2.05) is 32.0 Å². The van der Waals surface area contributed by atoms with Crippen molar-refractivity contribution in [2.24, 2.45) is 0 Å². The number of amides is 2. The molecule has 0 saturated heterocycles. The highest BCUT2D eigenvalue weighted by Gasteiger charge is 2.16. The Morgan fingerprint density at radius 2 is 1.76 bits per heavy atom. The molecule has 0 spiro atoms. The zero-order valence-corrected chi connectivity index (χ0v) is 16.0. The minimum atomic E-state index is -0.337. The van der Waals surface area contributed by atoms with E-state index >= 15 is 0 Å². The van der Waals surface area contributed by atoms with E-state index in [2.05, 4.69) is 10.6 Å². The molecule has 0 bridgehead atoms. The summed E-state index contributed by atoms with van der Waals surface area (Å²) < 4.78 is 0. The molecule has 2 N–H and O–H groups in total. The Labute approximate surface area is 157 Å². The molecular weight excluding hydrogens is 356 g/mol. The molecule has 1 atom stereocenters. The van der Waals surface area contributed by atoms with Gasteiger partial charge in [-0.05, 0) is 62.2 Å². The fourth-order valence-electron chi connectivity index (χ4n) is 2.13. The van der Waals surface area contributed by atoms with E-state index < -0.39 is 0 Å². The van der Waals surface area contributed by atoms with Gasteiger partial charge in [-0.15, -0.1) is 11.8 Å². The minimum absolute atomic E-state index is 0.113. The lowest BCUT2D eigenvalue weighted by Gasteiger charge is -2.14. The Morgan fingerprint density at radius 3 is 2.44 bits per heavy atom. The molecule has 6 heteroatoms. The van der Waals surface area contributed by atoms with E-state index in [0.717, 1.165) is 16.8 Å². The summed E-state index contributed by atoms with van der Waals surface area (Å²) >= 11 is 7.11. The SMILES string of the molecule is Cc1cccc(NC(=O)[C@H](C)SCC(=O)Nc2ccc(Cl)cc2)c1C. The van der Waals surface area contributed by atoms with Crippen molar-refractivity contribution in [2.45, 2.75) is 26.0 Å². The van der Waals surface area contributed by atoms with Crippen LogP contribution in [0.2, 0.25) is 5.02 Å². The molecule has 4 nitrogen and oxygen atoms in total. The van der Waals surface area contributed by atoms with Gasteiger partial charge in [0.05, 0.1) is 11.0 Å². The molecule has 2 aromatic carbocycles. The Balaban J connectivity index is 1.83. The van der Waals surface area contributed by atoms with Gasteiger partial charge in [-0.2, -0.15) is 0 Å². The van der Waals surface area contributed by atoms with Gasteiger partial charge in [-0.3, -0.25) is 9.59 Å². The van der Waals surface area contributed by atoms with Crippen molar-refractivity contribution in [2.75, 3.05) is 16.4 Å². The first-order valence-electron chi connectivity index (χ1n) is 7.91.